The Balaban J connectivity index is 1.96. The summed E-state index contributed by atoms with van der Waals surface area (Å²) in [6.07, 6.45) is 2.29. The van der Waals surface area contributed by atoms with Crippen molar-refractivity contribution in [3.63, 3.8) is 0 Å². The Kier molecular flexibility index (Phi) is 5.38. The van der Waals surface area contributed by atoms with Crippen LogP contribution in [0.1, 0.15) is 17.8 Å². The minimum atomic E-state index is 0.565. The van der Waals surface area contributed by atoms with Gasteiger partial charge in [-0.25, -0.2) is 4.98 Å². The van der Waals surface area contributed by atoms with Crippen molar-refractivity contribution in [2.75, 3.05) is 6.54 Å². The van der Waals surface area contributed by atoms with Gasteiger partial charge in [0.1, 0.15) is 5.82 Å². The SMILES string of the molecule is O=CNCCCc1nc2ccccc2n1Cc1c(Cl)cccc1Cl. The van der Waals surface area contributed by atoms with Crippen LogP contribution in [0.4, 0.5) is 0 Å². The third-order valence-corrected chi connectivity index (χ3v) is 4.62. The predicted octanol–water partition coefficient (Wildman–Crippen LogP) is 4.07. The molecular weight excluding hydrogens is 345 g/mol. The first kappa shape index (κ1) is 16.8. The van der Waals surface area contributed by atoms with Crippen molar-refractivity contribution < 1.29 is 4.79 Å². The van der Waals surface area contributed by atoms with E-state index in [1.54, 1.807) is 0 Å². The van der Waals surface area contributed by atoms with Crippen LogP contribution in [0, 0.1) is 0 Å². The maximum absolute atomic E-state index is 10.4. The lowest BCUT2D eigenvalue weighted by Crippen LogP contribution is -2.14. The summed E-state index contributed by atoms with van der Waals surface area (Å²) in [6, 6.07) is 13.5. The van der Waals surface area contributed by atoms with E-state index in [4.69, 9.17) is 28.2 Å². The number of carbonyl (C=O) groups is 1. The van der Waals surface area contributed by atoms with Gasteiger partial charge in [0.2, 0.25) is 6.41 Å². The highest BCUT2D eigenvalue weighted by Crippen LogP contribution is 2.27. The third-order valence-electron chi connectivity index (χ3n) is 3.92. The van der Waals surface area contributed by atoms with Gasteiger partial charge >= 0.3 is 0 Å². The highest BCUT2D eigenvalue weighted by atomic mass is 35.5. The van der Waals surface area contributed by atoms with Crippen molar-refractivity contribution >= 4 is 40.6 Å². The first-order chi connectivity index (χ1) is 11.7. The molecule has 0 atom stereocenters. The number of hydrogen-bond donors (Lipinski definition) is 1. The number of hydrogen-bond acceptors (Lipinski definition) is 2. The van der Waals surface area contributed by atoms with E-state index in [-0.39, 0.29) is 0 Å². The van der Waals surface area contributed by atoms with Crippen LogP contribution in [-0.4, -0.2) is 22.5 Å². The first-order valence-electron chi connectivity index (χ1n) is 7.75. The van der Waals surface area contributed by atoms with Crippen molar-refractivity contribution in [2.24, 2.45) is 0 Å². The van der Waals surface area contributed by atoms with Crippen LogP contribution in [-0.2, 0) is 17.8 Å². The second kappa shape index (κ2) is 7.69. The van der Waals surface area contributed by atoms with Crippen LogP contribution in [0.25, 0.3) is 11.0 Å². The molecular formula is C18H17Cl2N3O. The second-order valence-electron chi connectivity index (χ2n) is 5.48. The Morgan fingerprint density at radius 2 is 1.83 bits per heavy atom. The van der Waals surface area contributed by atoms with Gasteiger partial charge in [-0.15, -0.1) is 0 Å². The molecule has 2 aromatic carbocycles. The molecule has 6 heteroatoms. The molecule has 0 saturated carbocycles. The molecule has 1 aromatic heterocycles. The molecule has 24 heavy (non-hydrogen) atoms. The lowest BCUT2D eigenvalue weighted by molar-refractivity contribution is -0.109. The molecule has 0 radical (unpaired) electrons. The molecule has 0 bridgehead atoms. The highest BCUT2D eigenvalue weighted by molar-refractivity contribution is 6.36. The minimum Gasteiger partial charge on any atom is -0.359 e. The molecule has 3 aromatic rings. The Hall–Kier alpha value is -2.04. The van der Waals surface area contributed by atoms with Gasteiger partial charge in [-0.1, -0.05) is 41.4 Å². The number of rotatable bonds is 7. The molecule has 1 heterocycles. The van der Waals surface area contributed by atoms with E-state index in [0.717, 1.165) is 35.3 Å². The average molecular weight is 362 g/mol. The molecule has 0 fully saturated rings. The van der Waals surface area contributed by atoms with E-state index in [1.165, 1.54) is 0 Å². The summed E-state index contributed by atoms with van der Waals surface area (Å²) in [5.41, 5.74) is 2.88. The number of fused-ring (bicyclic) bond motifs is 1. The zero-order chi connectivity index (χ0) is 16.9. The molecule has 3 rings (SSSR count). The Labute approximate surface area is 150 Å². The van der Waals surface area contributed by atoms with E-state index < -0.39 is 0 Å². The smallest absolute Gasteiger partial charge is 0.207 e. The fourth-order valence-corrected chi connectivity index (χ4v) is 3.26. The average Bonchev–Trinajstić information content (AvgIpc) is 2.93. The van der Waals surface area contributed by atoms with Gasteiger partial charge in [0.25, 0.3) is 0 Å². The number of amides is 1. The maximum atomic E-state index is 10.4. The van der Waals surface area contributed by atoms with Gasteiger partial charge in [-0.05, 0) is 30.7 Å². The maximum Gasteiger partial charge on any atom is 0.207 e. The zero-order valence-corrected chi connectivity index (χ0v) is 14.5. The fraction of sp³-hybridized carbons (Fsp3) is 0.222. The van der Waals surface area contributed by atoms with E-state index in [1.807, 2.05) is 42.5 Å². The van der Waals surface area contributed by atoms with E-state index >= 15 is 0 Å². The summed E-state index contributed by atoms with van der Waals surface area (Å²) in [5.74, 6) is 0.958. The van der Waals surface area contributed by atoms with Crippen LogP contribution in [0.3, 0.4) is 0 Å². The van der Waals surface area contributed by atoms with Crippen molar-refractivity contribution in [3.8, 4) is 0 Å². The van der Waals surface area contributed by atoms with Gasteiger partial charge in [0, 0.05) is 28.6 Å². The number of nitrogens with zero attached hydrogens (tertiary/aromatic N) is 2. The van der Waals surface area contributed by atoms with Crippen LogP contribution in [0.15, 0.2) is 42.5 Å². The summed E-state index contributed by atoms with van der Waals surface area (Å²) in [4.78, 5) is 15.1. The number of aryl methyl sites for hydroxylation is 1. The molecule has 0 aliphatic rings. The predicted molar refractivity (Wildman–Crippen MR) is 97.7 cm³/mol. The van der Waals surface area contributed by atoms with Crippen LogP contribution in [0.2, 0.25) is 10.0 Å². The number of benzene rings is 2. The van der Waals surface area contributed by atoms with Gasteiger partial charge in [0.05, 0.1) is 17.6 Å². The number of carbonyl (C=O) groups excluding carboxylic acids is 1. The lowest BCUT2D eigenvalue weighted by Gasteiger charge is -2.12. The quantitative estimate of drug-likeness (QED) is 0.509. The monoisotopic (exact) mass is 361 g/mol. The van der Waals surface area contributed by atoms with Crippen LogP contribution >= 0.6 is 23.2 Å². The standard InChI is InChI=1S/C18H17Cl2N3O/c19-14-5-3-6-15(20)13(14)11-23-17-8-2-1-7-16(17)22-18(23)9-4-10-21-12-24/h1-3,5-8,12H,4,9-11H2,(H,21,24). The lowest BCUT2D eigenvalue weighted by atomic mass is 10.2. The third kappa shape index (κ3) is 3.55. The van der Waals surface area contributed by atoms with Gasteiger partial charge in [0.15, 0.2) is 0 Å². The van der Waals surface area contributed by atoms with E-state index in [2.05, 4.69) is 9.88 Å². The number of imidazole rings is 1. The van der Waals surface area contributed by atoms with Crippen molar-refractivity contribution in [1.82, 2.24) is 14.9 Å². The second-order valence-corrected chi connectivity index (χ2v) is 6.29. The Bertz CT molecular complexity index is 840. The normalized spacial score (nSPS) is 10.9. The molecule has 0 spiro atoms. The summed E-state index contributed by atoms with van der Waals surface area (Å²) < 4.78 is 2.14. The molecule has 4 nitrogen and oxygen atoms in total. The molecule has 0 aliphatic carbocycles. The molecule has 124 valence electrons. The van der Waals surface area contributed by atoms with Crippen LogP contribution < -0.4 is 5.32 Å². The van der Waals surface area contributed by atoms with Gasteiger partial charge < -0.3 is 9.88 Å². The summed E-state index contributed by atoms with van der Waals surface area (Å²) in [5, 5.41) is 3.97. The number of nitrogens with one attached hydrogen (secondary N) is 1. The summed E-state index contributed by atoms with van der Waals surface area (Å²) in [6.45, 7) is 1.19. The Morgan fingerprint density at radius 3 is 2.58 bits per heavy atom. The number of aromatic nitrogens is 2. The largest absolute Gasteiger partial charge is 0.359 e. The van der Waals surface area contributed by atoms with Crippen LogP contribution in [0.5, 0.6) is 0 Å². The molecule has 0 unspecified atom stereocenters. The van der Waals surface area contributed by atoms with Gasteiger partial charge in [-0.3, -0.25) is 4.79 Å². The van der Waals surface area contributed by atoms with E-state index in [0.29, 0.717) is 29.5 Å². The van der Waals surface area contributed by atoms with Crippen molar-refractivity contribution in [3.05, 3.63) is 63.9 Å². The fourth-order valence-electron chi connectivity index (χ4n) is 2.74. The minimum absolute atomic E-state index is 0.565. The highest BCUT2D eigenvalue weighted by Gasteiger charge is 2.13. The molecule has 0 aliphatic heterocycles. The molecule has 1 amide bonds. The zero-order valence-electron chi connectivity index (χ0n) is 13.0. The van der Waals surface area contributed by atoms with Gasteiger partial charge in [-0.2, -0.15) is 0 Å². The molecule has 0 saturated heterocycles. The molecule has 1 N–H and O–H groups in total. The number of para-hydroxylation sites is 2. The summed E-state index contributed by atoms with van der Waals surface area (Å²) >= 11 is 12.7. The first-order valence-corrected chi connectivity index (χ1v) is 8.50. The number of halogens is 2. The van der Waals surface area contributed by atoms with Crippen molar-refractivity contribution in [1.29, 1.82) is 0 Å². The van der Waals surface area contributed by atoms with E-state index in [9.17, 15) is 4.79 Å². The summed E-state index contributed by atoms with van der Waals surface area (Å²) in [7, 11) is 0. The van der Waals surface area contributed by atoms with Crippen molar-refractivity contribution in [2.45, 2.75) is 19.4 Å². The topological polar surface area (TPSA) is 46.9 Å². The Morgan fingerprint density at radius 1 is 1.08 bits per heavy atom.